The summed E-state index contributed by atoms with van der Waals surface area (Å²) >= 11 is 6.04. The van der Waals surface area contributed by atoms with Gasteiger partial charge in [-0.15, -0.1) is 0 Å². The van der Waals surface area contributed by atoms with Crippen LogP contribution in [-0.2, 0) is 6.54 Å². The summed E-state index contributed by atoms with van der Waals surface area (Å²) in [5.41, 5.74) is 3.96. The molecule has 0 saturated heterocycles. The van der Waals surface area contributed by atoms with E-state index in [1.165, 1.54) is 0 Å². The predicted octanol–water partition coefficient (Wildman–Crippen LogP) is 5.58. The van der Waals surface area contributed by atoms with Crippen LogP contribution < -0.4 is 4.74 Å². The van der Waals surface area contributed by atoms with Crippen molar-refractivity contribution in [2.24, 2.45) is 0 Å². The Balaban J connectivity index is 1.72. The van der Waals surface area contributed by atoms with Crippen LogP contribution in [0.5, 0.6) is 5.75 Å². The summed E-state index contributed by atoms with van der Waals surface area (Å²) in [4.78, 5) is 12.0. The number of para-hydroxylation sites is 1. The van der Waals surface area contributed by atoms with Gasteiger partial charge in [-0.05, 0) is 57.0 Å². The van der Waals surface area contributed by atoms with Crippen molar-refractivity contribution in [3.63, 3.8) is 0 Å². The largest absolute Gasteiger partial charge is 0.494 e. The van der Waals surface area contributed by atoms with E-state index < -0.39 is 0 Å². The number of ketones is 1. The van der Waals surface area contributed by atoms with E-state index in [0.717, 1.165) is 51.5 Å². The number of nitrogens with zero attached hydrogens (tertiary/aromatic N) is 1. The van der Waals surface area contributed by atoms with Gasteiger partial charge in [-0.1, -0.05) is 29.8 Å². The van der Waals surface area contributed by atoms with Crippen LogP contribution >= 0.6 is 11.6 Å². The normalized spacial score (nSPS) is 11.0. The van der Waals surface area contributed by atoms with E-state index >= 15 is 0 Å². The molecule has 1 heterocycles. The number of benzene rings is 2. The van der Waals surface area contributed by atoms with Gasteiger partial charge in [0.05, 0.1) is 6.61 Å². The highest BCUT2D eigenvalue weighted by Gasteiger charge is 2.16. The number of Topliss-reactive ketones (excluding diaryl/α,β-unsaturated/α-hetero) is 1. The van der Waals surface area contributed by atoms with Crippen LogP contribution in [0, 0.1) is 13.8 Å². The van der Waals surface area contributed by atoms with E-state index in [1.807, 2.05) is 50.2 Å². The average molecular weight is 356 g/mol. The number of hydrogen-bond donors (Lipinski definition) is 0. The highest BCUT2D eigenvalue weighted by atomic mass is 35.5. The summed E-state index contributed by atoms with van der Waals surface area (Å²) < 4.78 is 8.04. The van der Waals surface area contributed by atoms with Gasteiger partial charge in [0.1, 0.15) is 5.75 Å². The number of carbonyl (C=O) groups excluding carboxylic acids is 1. The standard InChI is InChI=1S/C21H22ClNO2/c1-14-13-17(9-10-19(14)22)25-12-6-11-23-15(2)21(16(3)24)18-7-4-5-8-20(18)23/h4-5,7-10,13H,6,11-12H2,1-3H3. The van der Waals surface area contributed by atoms with Gasteiger partial charge in [0, 0.05) is 33.7 Å². The fourth-order valence-electron chi connectivity index (χ4n) is 3.28. The molecule has 0 aliphatic heterocycles. The van der Waals surface area contributed by atoms with Gasteiger partial charge in [0.25, 0.3) is 0 Å². The first-order valence-electron chi connectivity index (χ1n) is 8.46. The van der Waals surface area contributed by atoms with Crippen LogP contribution in [0.2, 0.25) is 5.02 Å². The Kier molecular flexibility index (Phi) is 5.14. The molecule has 25 heavy (non-hydrogen) atoms. The third-order valence-electron chi connectivity index (χ3n) is 4.51. The van der Waals surface area contributed by atoms with Crippen LogP contribution in [0.3, 0.4) is 0 Å². The fraction of sp³-hybridized carbons (Fsp3) is 0.286. The molecule has 0 bridgehead atoms. The maximum Gasteiger partial charge on any atom is 0.162 e. The maximum absolute atomic E-state index is 12.0. The fourth-order valence-corrected chi connectivity index (χ4v) is 3.40. The van der Waals surface area contributed by atoms with Gasteiger partial charge >= 0.3 is 0 Å². The molecule has 4 heteroatoms. The Morgan fingerprint density at radius 2 is 1.92 bits per heavy atom. The number of fused-ring (bicyclic) bond motifs is 1. The molecule has 0 radical (unpaired) electrons. The Labute approximate surface area is 153 Å². The smallest absolute Gasteiger partial charge is 0.162 e. The van der Waals surface area contributed by atoms with Gasteiger partial charge in [-0.2, -0.15) is 0 Å². The van der Waals surface area contributed by atoms with Crippen molar-refractivity contribution in [2.75, 3.05) is 6.61 Å². The van der Waals surface area contributed by atoms with Crippen molar-refractivity contribution in [1.29, 1.82) is 0 Å². The lowest BCUT2D eigenvalue weighted by Gasteiger charge is -2.11. The molecule has 0 saturated carbocycles. The third kappa shape index (κ3) is 3.57. The average Bonchev–Trinajstić information content (AvgIpc) is 2.86. The van der Waals surface area contributed by atoms with E-state index in [-0.39, 0.29) is 5.78 Å². The Bertz CT molecular complexity index is 927. The Morgan fingerprint density at radius 3 is 2.64 bits per heavy atom. The van der Waals surface area contributed by atoms with E-state index in [1.54, 1.807) is 6.92 Å². The van der Waals surface area contributed by atoms with Crippen molar-refractivity contribution in [3.8, 4) is 5.75 Å². The van der Waals surface area contributed by atoms with Crippen LogP contribution in [0.15, 0.2) is 42.5 Å². The monoisotopic (exact) mass is 355 g/mol. The van der Waals surface area contributed by atoms with E-state index in [4.69, 9.17) is 16.3 Å². The molecule has 0 spiro atoms. The Hall–Kier alpha value is -2.26. The van der Waals surface area contributed by atoms with Crippen LogP contribution in [0.25, 0.3) is 10.9 Å². The number of rotatable bonds is 6. The quantitative estimate of drug-likeness (QED) is 0.426. The zero-order valence-electron chi connectivity index (χ0n) is 14.8. The molecule has 0 amide bonds. The minimum Gasteiger partial charge on any atom is -0.494 e. The second-order valence-electron chi connectivity index (χ2n) is 6.30. The number of aromatic nitrogens is 1. The zero-order valence-corrected chi connectivity index (χ0v) is 15.6. The molecule has 0 aliphatic carbocycles. The SMILES string of the molecule is CC(=O)c1c(C)n(CCCOc2ccc(Cl)c(C)c2)c2ccccc12. The first kappa shape index (κ1) is 17.6. The van der Waals surface area contributed by atoms with E-state index in [2.05, 4.69) is 10.6 Å². The maximum atomic E-state index is 12.0. The minimum absolute atomic E-state index is 0.111. The minimum atomic E-state index is 0.111. The first-order chi connectivity index (χ1) is 12.0. The molecule has 130 valence electrons. The van der Waals surface area contributed by atoms with E-state index in [0.29, 0.717) is 6.61 Å². The van der Waals surface area contributed by atoms with Crippen LogP contribution in [0.4, 0.5) is 0 Å². The number of halogens is 1. The summed E-state index contributed by atoms with van der Waals surface area (Å²) in [6, 6.07) is 13.8. The molecular weight excluding hydrogens is 334 g/mol. The Morgan fingerprint density at radius 1 is 1.16 bits per heavy atom. The van der Waals surface area contributed by atoms with Gasteiger partial charge in [0.2, 0.25) is 0 Å². The van der Waals surface area contributed by atoms with Crippen molar-refractivity contribution >= 4 is 28.3 Å². The molecule has 0 N–H and O–H groups in total. The summed E-state index contributed by atoms with van der Waals surface area (Å²) in [7, 11) is 0. The van der Waals surface area contributed by atoms with Crippen molar-refractivity contribution in [2.45, 2.75) is 33.7 Å². The van der Waals surface area contributed by atoms with Crippen LogP contribution in [-0.4, -0.2) is 17.0 Å². The zero-order chi connectivity index (χ0) is 18.0. The lowest BCUT2D eigenvalue weighted by atomic mass is 10.1. The van der Waals surface area contributed by atoms with Crippen molar-refractivity contribution in [1.82, 2.24) is 4.57 Å². The van der Waals surface area contributed by atoms with Crippen molar-refractivity contribution < 1.29 is 9.53 Å². The van der Waals surface area contributed by atoms with Gasteiger partial charge in [-0.25, -0.2) is 0 Å². The van der Waals surface area contributed by atoms with E-state index in [9.17, 15) is 4.79 Å². The van der Waals surface area contributed by atoms with Crippen LogP contribution in [0.1, 0.15) is 35.0 Å². The summed E-state index contributed by atoms with van der Waals surface area (Å²) in [5.74, 6) is 0.945. The molecule has 1 aromatic heterocycles. The summed E-state index contributed by atoms with van der Waals surface area (Å²) in [5, 5.41) is 1.78. The lowest BCUT2D eigenvalue weighted by Crippen LogP contribution is -2.07. The second kappa shape index (κ2) is 7.32. The molecule has 0 atom stereocenters. The highest BCUT2D eigenvalue weighted by Crippen LogP contribution is 2.27. The predicted molar refractivity (Wildman–Crippen MR) is 103 cm³/mol. The number of carbonyl (C=O) groups is 1. The molecule has 2 aromatic carbocycles. The molecule has 3 aromatic rings. The molecule has 3 rings (SSSR count). The topological polar surface area (TPSA) is 31.2 Å². The summed E-state index contributed by atoms with van der Waals surface area (Å²) in [6.45, 7) is 7.04. The number of ether oxygens (including phenoxy) is 1. The van der Waals surface area contributed by atoms with Gasteiger partial charge in [-0.3, -0.25) is 4.79 Å². The third-order valence-corrected chi connectivity index (χ3v) is 4.93. The first-order valence-corrected chi connectivity index (χ1v) is 8.84. The molecule has 0 fully saturated rings. The lowest BCUT2D eigenvalue weighted by molar-refractivity contribution is 0.101. The second-order valence-corrected chi connectivity index (χ2v) is 6.71. The van der Waals surface area contributed by atoms with Crippen molar-refractivity contribution in [3.05, 3.63) is 64.3 Å². The molecule has 0 unspecified atom stereocenters. The summed E-state index contributed by atoms with van der Waals surface area (Å²) in [6.07, 6.45) is 0.860. The molecule has 3 nitrogen and oxygen atoms in total. The molecule has 0 aliphatic rings. The molecular formula is C21H22ClNO2. The van der Waals surface area contributed by atoms with Gasteiger partial charge in [0.15, 0.2) is 5.78 Å². The van der Waals surface area contributed by atoms with Gasteiger partial charge < -0.3 is 9.30 Å². The number of aryl methyl sites for hydroxylation is 2. The highest BCUT2D eigenvalue weighted by molar-refractivity contribution is 6.31. The number of hydrogen-bond acceptors (Lipinski definition) is 2.